The molecule has 4 rings (SSSR count). The lowest BCUT2D eigenvalue weighted by Gasteiger charge is -2.64. The first kappa shape index (κ1) is 29.3. The zero-order valence-electron chi connectivity index (χ0n) is 25.3. The number of carbonyl (C=O) groups is 3. The third kappa shape index (κ3) is 4.88. The van der Waals surface area contributed by atoms with Gasteiger partial charge >= 0.3 is 11.9 Å². The van der Waals surface area contributed by atoms with Crippen molar-refractivity contribution in [2.24, 2.45) is 40.4 Å². The highest BCUT2D eigenvalue weighted by Crippen LogP contribution is 2.68. The van der Waals surface area contributed by atoms with E-state index in [-0.39, 0.29) is 47.3 Å². The van der Waals surface area contributed by atoms with Crippen LogP contribution in [0.25, 0.3) is 0 Å². The zero-order chi connectivity index (χ0) is 28.2. The fourth-order valence-corrected chi connectivity index (χ4v) is 9.47. The highest BCUT2D eigenvalue weighted by molar-refractivity contribution is 5.80. The van der Waals surface area contributed by atoms with E-state index in [4.69, 9.17) is 9.47 Å². The molecule has 0 bridgehead atoms. The minimum Gasteiger partial charge on any atom is -0.458 e. The van der Waals surface area contributed by atoms with Gasteiger partial charge in [0.2, 0.25) is 0 Å². The number of carbonyl (C=O) groups excluding carboxylic acids is 3. The minimum atomic E-state index is -0.610. The second-order valence-electron chi connectivity index (χ2n) is 14.0. The Bertz CT molecular complexity index is 982. The summed E-state index contributed by atoms with van der Waals surface area (Å²) in [6.07, 6.45) is 6.50. The highest BCUT2D eigenvalue weighted by atomic mass is 16.6. The molecule has 4 aliphatic rings. The average molecular weight is 530 g/mol. The van der Waals surface area contributed by atoms with Crippen LogP contribution in [0.4, 0.5) is 0 Å². The molecule has 6 nitrogen and oxygen atoms in total. The van der Waals surface area contributed by atoms with Gasteiger partial charge in [-0.05, 0) is 110 Å². The van der Waals surface area contributed by atoms with E-state index in [0.717, 1.165) is 49.7 Å². The van der Waals surface area contributed by atoms with Crippen molar-refractivity contribution < 1.29 is 23.9 Å². The number of hydrogen-bond acceptors (Lipinski definition) is 6. The van der Waals surface area contributed by atoms with Crippen LogP contribution in [0, 0.1) is 40.4 Å². The van der Waals surface area contributed by atoms with Crippen LogP contribution in [0.2, 0.25) is 0 Å². The number of esters is 2. The summed E-state index contributed by atoms with van der Waals surface area (Å²) in [4.78, 5) is 41.4. The number of ketones is 1. The second-order valence-corrected chi connectivity index (χ2v) is 14.0. The summed E-state index contributed by atoms with van der Waals surface area (Å²) >= 11 is 0. The smallest absolute Gasteiger partial charge is 0.310 e. The van der Waals surface area contributed by atoms with E-state index >= 15 is 0 Å². The van der Waals surface area contributed by atoms with Crippen LogP contribution < -0.4 is 0 Å². The maximum atomic E-state index is 13.5. The normalized spacial score (nSPS) is 41.9. The molecule has 4 saturated carbocycles. The van der Waals surface area contributed by atoms with Crippen molar-refractivity contribution in [3.05, 3.63) is 11.1 Å². The van der Waals surface area contributed by atoms with Gasteiger partial charge in [0.05, 0.1) is 6.42 Å². The first-order valence-electron chi connectivity index (χ1n) is 14.9. The Hall–Kier alpha value is -1.69. The topological polar surface area (TPSA) is 72.9 Å². The molecule has 4 fully saturated rings. The lowest BCUT2D eigenvalue weighted by molar-refractivity contribution is -0.245. The molecule has 4 aliphatic carbocycles. The van der Waals surface area contributed by atoms with Gasteiger partial charge in [-0.1, -0.05) is 25.0 Å². The van der Waals surface area contributed by atoms with Gasteiger partial charge in [0.1, 0.15) is 18.0 Å². The molecule has 0 spiro atoms. The van der Waals surface area contributed by atoms with Crippen LogP contribution in [-0.4, -0.2) is 55.0 Å². The standard InChI is InChI=1S/C32H51NO5/c1-18(2)19(3)16-27(36)38-29-28-24(11-10-22-17-23(33(8)9)14-15-31(22,28)6)26-13-12-25(20(4)34)32(26,7)30(29)37-21(5)35/h22-26,28-30H,10-17H2,1-9H3/t22?,23-,24-,25+,26-,28+,29-,30+,31-,32+/m0/s1. The zero-order valence-corrected chi connectivity index (χ0v) is 25.3. The van der Waals surface area contributed by atoms with Gasteiger partial charge in [-0.2, -0.15) is 0 Å². The molecule has 0 heterocycles. The molecule has 10 atom stereocenters. The quantitative estimate of drug-likeness (QED) is 0.312. The Morgan fingerprint density at radius 3 is 2.16 bits per heavy atom. The Morgan fingerprint density at radius 1 is 0.895 bits per heavy atom. The molecule has 0 radical (unpaired) electrons. The maximum Gasteiger partial charge on any atom is 0.310 e. The van der Waals surface area contributed by atoms with Crippen molar-refractivity contribution in [3.63, 3.8) is 0 Å². The van der Waals surface area contributed by atoms with Crippen molar-refractivity contribution in [2.75, 3.05) is 14.1 Å². The summed E-state index contributed by atoms with van der Waals surface area (Å²) in [5, 5.41) is 0. The number of Topliss-reactive ketones (excluding diaryl/α,β-unsaturated/α-hetero) is 1. The van der Waals surface area contributed by atoms with E-state index in [9.17, 15) is 14.4 Å². The molecule has 6 heteroatoms. The Balaban J connectivity index is 1.81. The van der Waals surface area contributed by atoms with Crippen LogP contribution in [0.3, 0.4) is 0 Å². The Labute approximate surface area is 230 Å². The van der Waals surface area contributed by atoms with Crippen LogP contribution >= 0.6 is 0 Å². The molecular formula is C32H51NO5. The summed E-state index contributed by atoms with van der Waals surface area (Å²) in [7, 11) is 4.36. The summed E-state index contributed by atoms with van der Waals surface area (Å²) in [6.45, 7) is 13.7. The molecule has 0 aliphatic heterocycles. The Kier molecular flexibility index (Phi) is 8.25. The average Bonchev–Trinajstić information content (AvgIpc) is 3.18. The van der Waals surface area contributed by atoms with Crippen molar-refractivity contribution >= 4 is 17.7 Å². The number of rotatable bonds is 6. The number of fused-ring (bicyclic) bond motifs is 5. The molecule has 214 valence electrons. The van der Waals surface area contributed by atoms with Crippen molar-refractivity contribution in [2.45, 2.75) is 118 Å². The largest absolute Gasteiger partial charge is 0.458 e. The summed E-state index contributed by atoms with van der Waals surface area (Å²) in [5.74, 6) is 0.650. The molecule has 0 aromatic rings. The van der Waals surface area contributed by atoms with E-state index in [1.807, 2.05) is 20.8 Å². The van der Waals surface area contributed by atoms with E-state index in [0.29, 0.717) is 17.9 Å². The van der Waals surface area contributed by atoms with Crippen LogP contribution in [0.5, 0.6) is 0 Å². The number of hydrogen-bond donors (Lipinski definition) is 0. The predicted octanol–water partition coefficient (Wildman–Crippen LogP) is 5.97. The molecule has 0 N–H and O–H groups in total. The Morgan fingerprint density at radius 2 is 1.58 bits per heavy atom. The number of nitrogens with zero attached hydrogens (tertiary/aromatic N) is 1. The molecular weight excluding hydrogens is 478 g/mol. The minimum absolute atomic E-state index is 0.0000302. The van der Waals surface area contributed by atoms with E-state index in [1.54, 1.807) is 6.92 Å². The van der Waals surface area contributed by atoms with Gasteiger partial charge in [-0.25, -0.2) is 0 Å². The first-order chi connectivity index (χ1) is 17.7. The number of ether oxygens (including phenoxy) is 2. The van der Waals surface area contributed by atoms with Crippen molar-refractivity contribution in [1.29, 1.82) is 0 Å². The van der Waals surface area contributed by atoms with Gasteiger partial charge in [-0.3, -0.25) is 14.4 Å². The molecule has 0 aromatic heterocycles. The summed E-state index contributed by atoms with van der Waals surface area (Å²) in [6, 6.07) is 0.567. The molecule has 0 amide bonds. The first-order valence-corrected chi connectivity index (χ1v) is 14.9. The van der Waals surface area contributed by atoms with Crippen LogP contribution in [-0.2, 0) is 23.9 Å². The predicted molar refractivity (Wildman–Crippen MR) is 148 cm³/mol. The molecule has 0 aromatic carbocycles. The maximum absolute atomic E-state index is 13.5. The van der Waals surface area contributed by atoms with Gasteiger partial charge in [0.25, 0.3) is 0 Å². The van der Waals surface area contributed by atoms with E-state index in [2.05, 4.69) is 32.8 Å². The van der Waals surface area contributed by atoms with Gasteiger partial charge < -0.3 is 14.4 Å². The highest BCUT2D eigenvalue weighted by Gasteiger charge is 2.69. The van der Waals surface area contributed by atoms with E-state index < -0.39 is 17.6 Å². The summed E-state index contributed by atoms with van der Waals surface area (Å²) < 4.78 is 12.7. The summed E-state index contributed by atoms with van der Waals surface area (Å²) in [5.41, 5.74) is 1.60. The van der Waals surface area contributed by atoms with Crippen LogP contribution in [0.1, 0.15) is 99.8 Å². The lowest BCUT2D eigenvalue weighted by atomic mass is 9.43. The molecule has 1 unspecified atom stereocenters. The van der Waals surface area contributed by atoms with Gasteiger partial charge in [-0.15, -0.1) is 0 Å². The number of allylic oxidation sites excluding steroid dienone is 1. The van der Waals surface area contributed by atoms with Crippen LogP contribution in [0.15, 0.2) is 11.1 Å². The molecule has 38 heavy (non-hydrogen) atoms. The third-order valence-electron chi connectivity index (χ3n) is 11.7. The lowest BCUT2D eigenvalue weighted by Crippen LogP contribution is -2.67. The fraction of sp³-hybridized carbons (Fsp3) is 0.844. The SMILES string of the molecule is CC(=O)O[C@@H]1[C@@H](OC(=O)CC(C)=C(C)C)[C@H]2[C@@H](CCC3C[C@@H](N(C)C)CC[C@@]32C)[C@@H]2CC[C@H](C(C)=O)[C@@]12C. The van der Waals surface area contributed by atoms with E-state index in [1.165, 1.54) is 13.3 Å². The monoisotopic (exact) mass is 529 g/mol. The third-order valence-corrected chi connectivity index (χ3v) is 11.7. The second kappa shape index (κ2) is 10.7. The van der Waals surface area contributed by atoms with Crippen molar-refractivity contribution in [1.82, 2.24) is 4.90 Å². The van der Waals surface area contributed by atoms with Gasteiger partial charge in [0.15, 0.2) is 0 Å². The molecule has 0 saturated heterocycles. The van der Waals surface area contributed by atoms with Crippen molar-refractivity contribution in [3.8, 4) is 0 Å². The fourth-order valence-electron chi connectivity index (χ4n) is 9.47. The van der Waals surface area contributed by atoms with Gasteiger partial charge in [0, 0.05) is 30.2 Å².